The van der Waals surface area contributed by atoms with Crippen LogP contribution in [0.2, 0.25) is 0 Å². The Morgan fingerprint density at radius 3 is 3.21 bits per heavy atom. The number of pyridine rings is 1. The standard InChI is InChI=1S/C11H15N3/c1-14-5-3-8-6-9-2-4-12-11(9)13-10(8)7-14/h6H,2-5,7H2,1H3,(H,12,13). The lowest BCUT2D eigenvalue weighted by Gasteiger charge is -2.24. The predicted molar refractivity (Wildman–Crippen MR) is 56.5 cm³/mol. The van der Waals surface area contributed by atoms with Crippen molar-refractivity contribution in [3.63, 3.8) is 0 Å². The fourth-order valence-electron chi connectivity index (χ4n) is 2.30. The van der Waals surface area contributed by atoms with Gasteiger partial charge in [0.05, 0.1) is 5.69 Å². The third-order valence-electron chi connectivity index (χ3n) is 3.14. The van der Waals surface area contributed by atoms with E-state index >= 15 is 0 Å². The van der Waals surface area contributed by atoms with Crippen LogP contribution in [-0.2, 0) is 19.4 Å². The van der Waals surface area contributed by atoms with Gasteiger partial charge < -0.3 is 10.2 Å². The van der Waals surface area contributed by atoms with E-state index in [1.807, 2.05) is 0 Å². The molecule has 14 heavy (non-hydrogen) atoms. The van der Waals surface area contributed by atoms with Gasteiger partial charge >= 0.3 is 0 Å². The van der Waals surface area contributed by atoms with Crippen LogP contribution in [0.4, 0.5) is 5.82 Å². The largest absolute Gasteiger partial charge is 0.370 e. The van der Waals surface area contributed by atoms with Crippen LogP contribution < -0.4 is 5.32 Å². The monoisotopic (exact) mass is 189 g/mol. The predicted octanol–water partition coefficient (Wildman–Crippen LogP) is 1.04. The van der Waals surface area contributed by atoms with Crippen LogP contribution in [0.25, 0.3) is 0 Å². The summed E-state index contributed by atoms with van der Waals surface area (Å²) >= 11 is 0. The molecule has 1 N–H and O–H groups in total. The lowest BCUT2D eigenvalue weighted by molar-refractivity contribution is 0.308. The summed E-state index contributed by atoms with van der Waals surface area (Å²) in [6.07, 6.45) is 2.30. The number of hydrogen-bond acceptors (Lipinski definition) is 3. The van der Waals surface area contributed by atoms with Crippen LogP contribution in [0, 0.1) is 0 Å². The number of nitrogens with zero attached hydrogens (tertiary/aromatic N) is 2. The van der Waals surface area contributed by atoms with E-state index in [4.69, 9.17) is 4.98 Å². The normalized spacial score (nSPS) is 20.1. The first-order valence-electron chi connectivity index (χ1n) is 5.27. The van der Waals surface area contributed by atoms with E-state index in [9.17, 15) is 0 Å². The molecule has 0 radical (unpaired) electrons. The molecule has 1 aromatic heterocycles. The summed E-state index contributed by atoms with van der Waals surface area (Å²) in [5, 5.41) is 3.34. The van der Waals surface area contributed by atoms with Gasteiger partial charge in [-0.25, -0.2) is 4.98 Å². The average molecular weight is 189 g/mol. The molecule has 0 atom stereocenters. The van der Waals surface area contributed by atoms with E-state index in [1.165, 1.54) is 23.4 Å². The minimum absolute atomic E-state index is 1.00. The second-order valence-electron chi connectivity index (χ2n) is 4.27. The second-order valence-corrected chi connectivity index (χ2v) is 4.27. The van der Waals surface area contributed by atoms with Crippen molar-refractivity contribution in [2.75, 3.05) is 25.5 Å². The Kier molecular flexibility index (Phi) is 1.74. The van der Waals surface area contributed by atoms with Crippen LogP contribution in [0.5, 0.6) is 0 Å². The van der Waals surface area contributed by atoms with Gasteiger partial charge in [0.15, 0.2) is 0 Å². The third kappa shape index (κ3) is 1.20. The van der Waals surface area contributed by atoms with Gasteiger partial charge in [-0.1, -0.05) is 6.07 Å². The van der Waals surface area contributed by atoms with Crippen molar-refractivity contribution in [3.05, 3.63) is 22.9 Å². The maximum absolute atomic E-state index is 4.69. The first kappa shape index (κ1) is 8.24. The summed E-state index contributed by atoms with van der Waals surface area (Å²) in [7, 11) is 2.16. The molecule has 0 saturated heterocycles. The van der Waals surface area contributed by atoms with Gasteiger partial charge in [-0.15, -0.1) is 0 Å². The molecule has 3 heterocycles. The summed E-state index contributed by atoms with van der Waals surface area (Å²) in [5.41, 5.74) is 4.14. The molecule has 1 aromatic rings. The molecule has 0 amide bonds. The van der Waals surface area contributed by atoms with Gasteiger partial charge in [-0.3, -0.25) is 0 Å². The molecule has 0 saturated carbocycles. The fourth-order valence-corrected chi connectivity index (χ4v) is 2.30. The van der Waals surface area contributed by atoms with E-state index in [0.717, 1.165) is 31.7 Å². The van der Waals surface area contributed by atoms with Gasteiger partial charge in [0.1, 0.15) is 5.82 Å². The van der Waals surface area contributed by atoms with Crippen molar-refractivity contribution in [2.24, 2.45) is 0 Å². The minimum Gasteiger partial charge on any atom is -0.370 e. The number of nitrogens with one attached hydrogen (secondary N) is 1. The van der Waals surface area contributed by atoms with Gasteiger partial charge in [-0.2, -0.15) is 0 Å². The molecule has 74 valence electrons. The van der Waals surface area contributed by atoms with E-state index in [-0.39, 0.29) is 0 Å². The lowest BCUT2D eigenvalue weighted by atomic mass is 10.0. The first-order valence-corrected chi connectivity index (χ1v) is 5.27. The summed E-state index contributed by atoms with van der Waals surface area (Å²) in [6.45, 7) is 3.23. The molecular weight excluding hydrogens is 174 g/mol. The highest BCUT2D eigenvalue weighted by Crippen LogP contribution is 2.25. The lowest BCUT2D eigenvalue weighted by Crippen LogP contribution is -2.27. The van der Waals surface area contributed by atoms with E-state index in [2.05, 4.69) is 23.3 Å². The maximum atomic E-state index is 4.69. The number of hydrogen-bond donors (Lipinski definition) is 1. The van der Waals surface area contributed by atoms with Gasteiger partial charge in [0.2, 0.25) is 0 Å². The number of likely N-dealkylation sites (N-methyl/N-ethyl adjacent to an activating group) is 1. The molecule has 2 aliphatic heterocycles. The Bertz CT molecular complexity index is 373. The maximum Gasteiger partial charge on any atom is 0.129 e. The molecule has 0 fully saturated rings. The molecule has 0 unspecified atom stereocenters. The summed E-state index contributed by atoms with van der Waals surface area (Å²) in [6, 6.07) is 2.35. The molecule has 3 rings (SSSR count). The zero-order chi connectivity index (χ0) is 9.54. The minimum atomic E-state index is 1.00. The Morgan fingerprint density at radius 1 is 1.36 bits per heavy atom. The Hall–Kier alpha value is -1.09. The van der Waals surface area contributed by atoms with Gasteiger partial charge in [0.25, 0.3) is 0 Å². The third-order valence-corrected chi connectivity index (χ3v) is 3.14. The Morgan fingerprint density at radius 2 is 2.29 bits per heavy atom. The van der Waals surface area contributed by atoms with Crippen molar-refractivity contribution in [3.8, 4) is 0 Å². The molecular formula is C11H15N3. The molecule has 0 bridgehead atoms. The van der Waals surface area contributed by atoms with Crippen molar-refractivity contribution in [2.45, 2.75) is 19.4 Å². The van der Waals surface area contributed by atoms with Crippen LogP contribution in [0.15, 0.2) is 6.07 Å². The summed E-state index contributed by atoms with van der Waals surface area (Å²) in [4.78, 5) is 7.02. The molecule has 0 aromatic carbocycles. The topological polar surface area (TPSA) is 28.2 Å². The van der Waals surface area contributed by atoms with Crippen molar-refractivity contribution < 1.29 is 0 Å². The highest BCUT2D eigenvalue weighted by molar-refractivity contribution is 5.52. The average Bonchev–Trinajstić information content (AvgIpc) is 2.61. The first-order chi connectivity index (χ1) is 6.83. The van der Waals surface area contributed by atoms with Crippen molar-refractivity contribution >= 4 is 5.82 Å². The quantitative estimate of drug-likeness (QED) is 0.661. The van der Waals surface area contributed by atoms with E-state index in [1.54, 1.807) is 0 Å². The molecule has 2 aliphatic rings. The SMILES string of the molecule is CN1CCc2cc3c(nc2C1)NCC3. The molecule has 3 heteroatoms. The van der Waals surface area contributed by atoms with E-state index < -0.39 is 0 Å². The molecule has 3 nitrogen and oxygen atoms in total. The highest BCUT2D eigenvalue weighted by Gasteiger charge is 2.19. The zero-order valence-corrected chi connectivity index (χ0v) is 8.51. The summed E-state index contributed by atoms with van der Waals surface area (Å²) in [5.74, 6) is 1.12. The molecule has 0 aliphatic carbocycles. The highest BCUT2D eigenvalue weighted by atomic mass is 15.1. The van der Waals surface area contributed by atoms with Crippen LogP contribution >= 0.6 is 0 Å². The Labute approximate surface area is 84.1 Å². The van der Waals surface area contributed by atoms with Gasteiger partial charge in [0, 0.05) is 19.6 Å². The van der Waals surface area contributed by atoms with Crippen molar-refractivity contribution in [1.82, 2.24) is 9.88 Å². The van der Waals surface area contributed by atoms with Crippen LogP contribution in [0.1, 0.15) is 16.8 Å². The molecule has 0 spiro atoms. The number of anilines is 1. The smallest absolute Gasteiger partial charge is 0.129 e. The Balaban J connectivity index is 2.06. The van der Waals surface area contributed by atoms with E-state index in [0.29, 0.717) is 0 Å². The zero-order valence-electron chi connectivity index (χ0n) is 8.51. The second kappa shape index (κ2) is 2.95. The number of fused-ring (bicyclic) bond motifs is 2. The van der Waals surface area contributed by atoms with Crippen molar-refractivity contribution in [1.29, 1.82) is 0 Å². The fraction of sp³-hybridized carbons (Fsp3) is 0.545. The summed E-state index contributed by atoms with van der Waals surface area (Å²) < 4.78 is 0. The number of rotatable bonds is 0. The van der Waals surface area contributed by atoms with Crippen LogP contribution in [-0.4, -0.2) is 30.0 Å². The number of aromatic nitrogens is 1. The van der Waals surface area contributed by atoms with Crippen LogP contribution in [0.3, 0.4) is 0 Å². The van der Waals surface area contributed by atoms with Gasteiger partial charge in [-0.05, 0) is 31.0 Å².